The Hall–Kier alpha value is -3.33. The Labute approximate surface area is 152 Å². The minimum atomic E-state index is 0.431. The molecular formula is C23H18NO2. The van der Waals surface area contributed by atoms with E-state index in [0.717, 1.165) is 39.2 Å². The topological polar surface area (TPSA) is 31.4 Å². The van der Waals surface area contributed by atoms with Crippen molar-refractivity contribution in [1.82, 2.24) is 4.98 Å². The highest BCUT2D eigenvalue weighted by atomic mass is 16.5. The molecule has 1 aromatic heterocycles. The van der Waals surface area contributed by atoms with Crippen LogP contribution >= 0.6 is 0 Å². The molecule has 3 aromatic carbocycles. The molecule has 26 heavy (non-hydrogen) atoms. The highest BCUT2D eigenvalue weighted by Crippen LogP contribution is 2.24. The zero-order chi connectivity index (χ0) is 17.8. The fraction of sp³-hybridized carbons (Fsp3) is 0.0870. The number of nitrogens with zero attached hydrogens (tertiary/aromatic N) is 1. The van der Waals surface area contributed by atoms with E-state index in [0.29, 0.717) is 6.61 Å². The molecule has 1 radical (unpaired) electrons. The Morgan fingerprint density at radius 1 is 0.846 bits per heavy atom. The van der Waals surface area contributed by atoms with Gasteiger partial charge in [-0.1, -0.05) is 42.5 Å². The van der Waals surface area contributed by atoms with Crippen LogP contribution < -0.4 is 9.47 Å². The predicted octanol–water partition coefficient (Wildman–Crippen LogP) is 5.29. The van der Waals surface area contributed by atoms with Crippen molar-refractivity contribution < 1.29 is 9.47 Å². The monoisotopic (exact) mass is 340 g/mol. The smallest absolute Gasteiger partial charge is 0.130 e. The number of hydrogen-bond donors (Lipinski definition) is 0. The second kappa shape index (κ2) is 7.28. The van der Waals surface area contributed by atoms with Gasteiger partial charge in [0, 0.05) is 5.39 Å². The minimum Gasteiger partial charge on any atom is -0.497 e. The summed E-state index contributed by atoms with van der Waals surface area (Å²) in [5.41, 5.74) is 4.00. The van der Waals surface area contributed by atoms with Gasteiger partial charge in [0.05, 0.1) is 18.3 Å². The average molecular weight is 340 g/mol. The van der Waals surface area contributed by atoms with Gasteiger partial charge < -0.3 is 9.47 Å². The van der Waals surface area contributed by atoms with E-state index in [2.05, 4.69) is 23.2 Å². The molecule has 0 amide bonds. The van der Waals surface area contributed by atoms with Gasteiger partial charge in [-0.25, -0.2) is 4.98 Å². The molecule has 0 bridgehead atoms. The third kappa shape index (κ3) is 3.52. The van der Waals surface area contributed by atoms with E-state index in [1.165, 1.54) is 0 Å². The largest absolute Gasteiger partial charge is 0.497 e. The fourth-order valence-electron chi connectivity index (χ4n) is 2.80. The molecule has 0 saturated heterocycles. The van der Waals surface area contributed by atoms with Gasteiger partial charge in [0.1, 0.15) is 18.1 Å². The molecule has 0 N–H and O–H groups in total. The van der Waals surface area contributed by atoms with E-state index in [1.54, 1.807) is 7.11 Å². The van der Waals surface area contributed by atoms with E-state index in [-0.39, 0.29) is 0 Å². The summed E-state index contributed by atoms with van der Waals surface area (Å²) in [6, 6.07) is 29.2. The third-order valence-corrected chi connectivity index (χ3v) is 4.23. The van der Waals surface area contributed by atoms with Crippen molar-refractivity contribution >= 4 is 10.9 Å². The summed E-state index contributed by atoms with van der Waals surface area (Å²) >= 11 is 0. The van der Waals surface area contributed by atoms with Crippen LogP contribution in [0, 0.1) is 6.07 Å². The molecule has 0 aliphatic rings. The molecule has 0 unspecified atom stereocenters. The second-order valence-corrected chi connectivity index (χ2v) is 5.95. The summed E-state index contributed by atoms with van der Waals surface area (Å²) in [6.07, 6.45) is 0. The zero-order valence-corrected chi connectivity index (χ0v) is 14.5. The van der Waals surface area contributed by atoms with Gasteiger partial charge in [-0.05, 0) is 53.6 Å². The zero-order valence-electron chi connectivity index (χ0n) is 14.5. The number of benzene rings is 3. The molecule has 4 rings (SSSR count). The number of aromatic nitrogens is 1. The number of pyridine rings is 1. The van der Waals surface area contributed by atoms with Crippen LogP contribution in [0.1, 0.15) is 5.69 Å². The van der Waals surface area contributed by atoms with Crippen molar-refractivity contribution in [1.29, 1.82) is 0 Å². The van der Waals surface area contributed by atoms with Crippen LogP contribution in [-0.2, 0) is 6.61 Å². The van der Waals surface area contributed by atoms with Gasteiger partial charge in [-0.3, -0.25) is 0 Å². The van der Waals surface area contributed by atoms with Crippen LogP contribution in [0.4, 0.5) is 0 Å². The molecule has 3 nitrogen and oxygen atoms in total. The quantitative estimate of drug-likeness (QED) is 0.495. The number of ether oxygens (including phenoxy) is 2. The van der Waals surface area contributed by atoms with Gasteiger partial charge in [0.15, 0.2) is 0 Å². The van der Waals surface area contributed by atoms with Crippen LogP contribution in [-0.4, -0.2) is 12.1 Å². The molecule has 0 saturated carbocycles. The Kier molecular flexibility index (Phi) is 4.52. The van der Waals surface area contributed by atoms with Gasteiger partial charge in [0.2, 0.25) is 0 Å². The van der Waals surface area contributed by atoms with Crippen molar-refractivity contribution in [2.75, 3.05) is 7.11 Å². The minimum absolute atomic E-state index is 0.431. The van der Waals surface area contributed by atoms with Gasteiger partial charge in [-0.15, -0.1) is 0 Å². The summed E-state index contributed by atoms with van der Waals surface area (Å²) in [6.45, 7) is 0.431. The second-order valence-electron chi connectivity index (χ2n) is 5.95. The third-order valence-electron chi connectivity index (χ3n) is 4.23. The van der Waals surface area contributed by atoms with Crippen molar-refractivity contribution in [3.05, 3.63) is 90.6 Å². The number of hydrogen-bond acceptors (Lipinski definition) is 3. The summed E-state index contributed by atoms with van der Waals surface area (Å²) in [5, 5.41) is 1.13. The first kappa shape index (κ1) is 16.2. The Balaban J connectivity index is 1.44. The van der Waals surface area contributed by atoms with E-state index in [1.807, 2.05) is 66.7 Å². The van der Waals surface area contributed by atoms with Crippen molar-refractivity contribution in [3.8, 4) is 22.6 Å². The van der Waals surface area contributed by atoms with Crippen LogP contribution in [0.5, 0.6) is 11.5 Å². The number of methoxy groups -OCH3 is 1. The Morgan fingerprint density at radius 2 is 1.65 bits per heavy atom. The highest BCUT2D eigenvalue weighted by Gasteiger charge is 2.02. The molecule has 127 valence electrons. The van der Waals surface area contributed by atoms with Gasteiger partial charge in [-0.2, -0.15) is 0 Å². The molecule has 0 fully saturated rings. The molecule has 0 atom stereocenters. The number of fused-ring (bicyclic) bond motifs is 1. The summed E-state index contributed by atoms with van der Waals surface area (Å²) in [4.78, 5) is 4.62. The molecular weight excluding hydrogens is 322 g/mol. The van der Waals surface area contributed by atoms with Gasteiger partial charge in [0.25, 0.3) is 0 Å². The van der Waals surface area contributed by atoms with E-state index in [9.17, 15) is 0 Å². The van der Waals surface area contributed by atoms with Crippen LogP contribution in [0.2, 0.25) is 0 Å². The van der Waals surface area contributed by atoms with E-state index in [4.69, 9.17) is 9.47 Å². The first-order valence-electron chi connectivity index (χ1n) is 8.45. The van der Waals surface area contributed by atoms with Gasteiger partial charge >= 0.3 is 0 Å². The number of rotatable bonds is 5. The summed E-state index contributed by atoms with van der Waals surface area (Å²) < 4.78 is 11.0. The molecule has 0 aliphatic heterocycles. The SMILES string of the molecule is COc1ccc(-c2[c]cc(OCc3ccc4ccccc4n3)cc2)cc1. The van der Waals surface area contributed by atoms with Crippen molar-refractivity contribution in [2.24, 2.45) is 0 Å². The molecule has 4 aromatic rings. The maximum absolute atomic E-state index is 5.85. The van der Waals surface area contributed by atoms with Crippen molar-refractivity contribution in [3.63, 3.8) is 0 Å². The molecule has 0 spiro atoms. The standard InChI is InChI=1S/C23H18NO2/c1-25-21-12-7-17(8-13-21)18-9-14-22(15-10-18)26-16-20-11-6-19-4-2-3-5-23(19)24-20/h2-9,11-15H,16H2,1H3. The molecule has 0 aliphatic carbocycles. The Morgan fingerprint density at radius 3 is 2.42 bits per heavy atom. The lowest BCUT2D eigenvalue weighted by Gasteiger charge is -2.08. The predicted molar refractivity (Wildman–Crippen MR) is 103 cm³/mol. The summed E-state index contributed by atoms with van der Waals surface area (Å²) in [5.74, 6) is 1.62. The van der Waals surface area contributed by atoms with Crippen LogP contribution in [0.25, 0.3) is 22.0 Å². The first-order valence-corrected chi connectivity index (χ1v) is 8.45. The average Bonchev–Trinajstić information content (AvgIpc) is 2.72. The Bertz CT molecular complexity index is 1010. The summed E-state index contributed by atoms with van der Waals surface area (Å²) in [7, 11) is 1.66. The lowest BCUT2D eigenvalue weighted by Crippen LogP contribution is -1.98. The molecule has 3 heteroatoms. The number of para-hydroxylation sites is 1. The van der Waals surface area contributed by atoms with Crippen LogP contribution in [0.15, 0.2) is 78.9 Å². The maximum atomic E-state index is 5.85. The normalized spacial score (nSPS) is 10.7. The maximum Gasteiger partial charge on any atom is 0.130 e. The van der Waals surface area contributed by atoms with E-state index >= 15 is 0 Å². The first-order chi connectivity index (χ1) is 12.8. The lowest BCUT2D eigenvalue weighted by molar-refractivity contribution is 0.302. The van der Waals surface area contributed by atoms with Crippen molar-refractivity contribution in [2.45, 2.75) is 6.61 Å². The molecule has 1 heterocycles. The van der Waals surface area contributed by atoms with Crippen LogP contribution in [0.3, 0.4) is 0 Å². The fourth-order valence-corrected chi connectivity index (χ4v) is 2.80. The van der Waals surface area contributed by atoms with E-state index < -0.39 is 0 Å². The highest BCUT2D eigenvalue weighted by molar-refractivity contribution is 5.78. The lowest BCUT2D eigenvalue weighted by atomic mass is 10.1.